The SMILES string of the molecule is CCC1(C)CC(N2CCc3c(N)cccc3C2)CCO1. The Morgan fingerprint density at radius 1 is 1.45 bits per heavy atom. The molecule has 2 N–H and O–H groups in total. The molecule has 1 aromatic rings. The van der Waals surface area contributed by atoms with Crippen LogP contribution in [-0.4, -0.2) is 29.7 Å². The Morgan fingerprint density at radius 2 is 2.30 bits per heavy atom. The van der Waals surface area contributed by atoms with Gasteiger partial charge >= 0.3 is 0 Å². The van der Waals surface area contributed by atoms with Crippen LogP contribution in [-0.2, 0) is 17.7 Å². The van der Waals surface area contributed by atoms with Crippen molar-refractivity contribution in [1.29, 1.82) is 0 Å². The molecule has 3 nitrogen and oxygen atoms in total. The van der Waals surface area contributed by atoms with Gasteiger partial charge < -0.3 is 10.5 Å². The van der Waals surface area contributed by atoms with E-state index in [1.807, 2.05) is 6.07 Å². The third kappa shape index (κ3) is 2.57. The normalized spacial score (nSPS) is 31.0. The highest BCUT2D eigenvalue weighted by Gasteiger charge is 2.35. The number of rotatable bonds is 2. The Bertz CT molecular complexity index is 488. The van der Waals surface area contributed by atoms with Crippen molar-refractivity contribution in [3.8, 4) is 0 Å². The molecule has 0 amide bonds. The molecule has 3 heteroatoms. The lowest BCUT2D eigenvalue weighted by Crippen LogP contribution is -2.48. The van der Waals surface area contributed by atoms with Gasteiger partial charge in [0.2, 0.25) is 0 Å². The van der Waals surface area contributed by atoms with Crippen LogP contribution in [0.25, 0.3) is 0 Å². The Morgan fingerprint density at radius 3 is 3.10 bits per heavy atom. The van der Waals surface area contributed by atoms with Gasteiger partial charge in [-0.25, -0.2) is 0 Å². The number of hydrogen-bond donors (Lipinski definition) is 1. The highest BCUT2D eigenvalue weighted by Crippen LogP contribution is 2.33. The molecular weight excluding hydrogens is 248 g/mol. The molecule has 20 heavy (non-hydrogen) atoms. The number of hydrogen-bond acceptors (Lipinski definition) is 3. The van der Waals surface area contributed by atoms with Crippen molar-refractivity contribution >= 4 is 5.69 Å². The molecule has 1 fully saturated rings. The summed E-state index contributed by atoms with van der Waals surface area (Å²) in [4.78, 5) is 2.64. The van der Waals surface area contributed by atoms with E-state index in [4.69, 9.17) is 10.5 Å². The number of nitrogens with two attached hydrogens (primary N) is 1. The van der Waals surface area contributed by atoms with Gasteiger partial charge in [-0.15, -0.1) is 0 Å². The van der Waals surface area contributed by atoms with Crippen LogP contribution in [0.3, 0.4) is 0 Å². The van der Waals surface area contributed by atoms with Gasteiger partial charge in [0.25, 0.3) is 0 Å². The summed E-state index contributed by atoms with van der Waals surface area (Å²) in [6.07, 6.45) is 4.50. The van der Waals surface area contributed by atoms with Crippen molar-refractivity contribution in [1.82, 2.24) is 4.90 Å². The number of nitrogen functional groups attached to an aromatic ring is 1. The van der Waals surface area contributed by atoms with E-state index < -0.39 is 0 Å². The fourth-order valence-electron chi connectivity index (χ4n) is 3.63. The average molecular weight is 274 g/mol. The van der Waals surface area contributed by atoms with Crippen molar-refractivity contribution in [3.05, 3.63) is 29.3 Å². The molecule has 1 saturated heterocycles. The molecule has 0 radical (unpaired) electrons. The summed E-state index contributed by atoms with van der Waals surface area (Å²) in [5.74, 6) is 0. The zero-order valence-electron chi connectivity index (χ0n) is 12.7. The molecule has 110 valence electrons. The molecule has 2 unspecified atom stereocenters. The van der Waals surface area contributed by atoms with Crippen LogP contribution < -0.4 is 5.73 Å². The van der Waals surface area contributed by atoms with Crippen LogP contribution in [0.4, 0.5) is 5.69 Å². The van der Waals surface area contributed by atoms with Crippen LogP contribution >= 0.6 is 0 Å². The Labute approximate surface area is 122 Å². The summed E-state index contributed by atoms with van der Waals surface area (Å²) >= 11 is 0. The van der Waals surface area contributed by atoms with Gasteiger partial charge in [0, 0.05) is 31.4 Å². The summed E-state index contributed by atoms with van der Waals surface area (Å²) in [6.45, 7) is 7.56. The first kappa shape index (κ1) is 13.9. The highest BCUT2D eigenvalue weighted by atomic mass is 16.5. The second-order valence-corrected chi connectivity index (χ2v) is 6.50. The van der Waals surface area contributed by atoms with Crippen LogP contribution in [0.1, 0.15) is 44.2 Å². The lowest BCUT2D eigenvalue weighted by Gasteiger charge is -2.44. The van der Waals surface area contributed by atoms with Gasteiger partial charge in [0.05, 0.1) is 5.60 Å². The maximum Gasteiger partial charge on any atom is 0.0666 e. The lowest BCUT2D eigenvalue weighted by atomic mass is 9.87. The van der Waals surface area contributed by atoms with E-state index >= 15 is 0 Å². The van der Waals surface area contributed by atoms with E-state index in [1.54, 1.807) is 0 Å². The molecule has 3 rings (SSSR count). The molecule has 2 atom stereocenters. The minimum Gasteiger partial charge on any atom is -0.398 e. The van der Waals surface area contributed by atoms with Gasteiger partial charge in [-0.3, -0.25) is 4.90 Å². The van der Waals surface area contributed by atoms with Gasteiger partial charge in [0.1, 0.15) is 0 Å². The molecule has 0 aromatic heterocycles. The molecule has 0 saturated carbocycles. The fraction of sp³-hybridized carbons (Fsp3) is 0.647. The van der Waals surface area contributed by atoms with E-state index in [-0.39, 0.29) is 5.60 Å². The predicted molar refractivity (Wildman–Crippen MR) is 82.6 cm³/mol. The lowest BCUT2D eigenvalue weighted by molar-refractivity contribution is -0.0982. The quantitative estimate of drug-likeness (QED) is 0.843. The van der Waals surface area contributed by atoms with Crippen molar-refractivity contribution in [2.45, 2.75) is 57.7 Å². The third-order valence-corrected chi connectivity index (χ3v) is 5.17. The van der Waals surface area contributed by atoms with Crippen LogP contribution in [0.2, 0.25) is 0 Å². The van der Waals surface area contributed by atoms with Gasteiger partial charge in [-0.1, -0.05) is 19.1 Å². The van der Waals surface area contributed by atoms with Crippen LogP contribution in [0.15, 0.2) is 18.2 Å². The Kier molecular flexibility index (Phi) is 3.74. The van der Waals surface area contributed by atoms with E-state index in [0.29, 0.717) is 6.04 Å². The third-order valence-electron chi connectivity index (χ3n) is 5.17. The first-order chi connectivity index (χ1) is 9.61. The van der Waals surface area contributed by atoms with Crippen molar-refractivity contribution in [2.75, 3.05) is 18.9 Å². The summed E-state index contributed by atoms with van der Waals surface area (Å²) < 4.78 is 5.98. The molecule has 2 aliphatic rings. The first-order valence-electron chi connectivity index (χ1n) is 7.85. The van der Waals surface area contributed by atoms with E-state index in [0.717, 1.165) is 51.1 Å². The Balaban J connectivity index is 1.74. The minimum atomic E-state index is 0.0684. The summed E-state index contributed by atoms with van der Waals surface area (Å²) in [5, 5.41) is 0. The van der Waals surface area contributed by atoms with E-state index in [9.17, 15) is 0 Å². The van der Waals surface area contributed by atoms with Crippen molar-refractivity contribution in [3.63, 3.8) is 0 Å². The van der Waals surface area contributed by atoms with E-state index in [1.165, 1.54) is 11.1 Å². The number of anilines is 1. The molecule has 0 bridgehead atoms. The van der Waals surface area contributed by atoms with Crippen LogP contribution in [0.5, 0.6) is 0 Å². The zero-order valence-corrected chi connectivity index (χ0v) is 12.7. The molecular formula is C17H26N2O. The van der Waals surface area contributed by atoms with E-state index in [2.05, 4.69) is 30.9 Å². The first-order valence-corrected chi connectivity index (χ1v) is 7.85. The average Bonchev–Trinajstić information content (AvgIpc) is 2.47. The molecule has 2 heterocycles. The zero-order chi connectivity index (χ0) is 14.2. The van der Waals surface area contributed by atoms with Crippen molar-refractivity contribution < 1.29 is 4.74 Å². The maximum atomic E-state index is 6.09. The standard InChI is InChI=1S/C17H26N2O/c1-3-17(2)11-14(8-10-20-17)19-9-7-15-13(12-19)5-4-6-16(15)18/h4-6,14H,3,7-12,18H2,1-2H3. The smallest absolute Gasteiger partial charge is 0.0666 e. The molecule has 2 aliphatic heterocycles. The number of ether oxygens (including phenoxy) is 1. The van der Waals surface area contributed by atoms with Gasteiger partial charge in [-0.05, 0) is 49.8 Å². The monoisotopic (exact) mass is 274 g/mol. The second kappa shape index (κ2) is 5.38. The fourth-order valence-corrected chi connectivity index (χ4v) is 3.63. The van der Waals surface area contributed by atoms with Crippen LogP contribution in [0, 0.1) is 0 Å². The Hall–Kier alpha value is -1.06. The summed E-state index contributed by atoms with van der Waals surface area (Å²) in [7, 11) is 0. The van der Waals surface area contributed by atoms with Gasteiger partial charge in [-0.2, -0.15) is 0 Å². The highest BCUT2D eigenvalue weighted by molar-refractivity contribution is 5.51. The number of nitrogens with zero attached hydrogens (tertiary/aromatic N) is 1. The largest absolute Gasteiger partial charge is 0.398 e. The van der Waals surface area contributed by atoms with Gasteiger partial charge in [0.15, 0.2) is 0 Å². The summed E-state index contributed by atoms with van der Waals surface area (Å²) in [5.41, 5.74) is 9.91. The minimum absolute atomic E-state index is 0.0684. The summed E-state index contributed by atoms with van der Waals surface area (Å²) in [6, 6.07) is 6.99. The predicted octanol–water partition coefficient (Wildman–Crippen LogP) is 2.97. The molecule has 0 aliphatic carbocycles. The topological polar surface area (TPSA) is 38.5 Å². The molecule has 0 spiro atoms. The maximum absolute atomic E-state index is 6.09. The second-order valence-electron chi connectivity index (χ2n) is 6.50. The number of benzene rings is 1. The molecule has 1 aromatic carbocycles. The van der Waals surface area contributed by atoms with Crippen molar-refractivity contribution in [2.24, 2.45) is 0 Å². The number of fused-ring (bicyclic) bond motifs is 1.